The molecule has 0 fully saturated rings. The van der Waals surface area contributed by atoms with E-state index < -0.39 is 34.5 Å². The van der Waals surface area contributed by atoms with Gasteiger partial charge in [-0.05, 0) is 30.6 Å². The van der Waals surface area contributed by atoms with Crippen molar-refractivity contribution in [1.29, 1.82) is 0 Å². The number of likely N-dealkylation sites (N-methyl/N-ethyl adjacent to an activating group) is 1. The molecule has 1 aromatic carbocycles. The third kappa shape index (κ3) is 6.20. The highest BCUT2D eigenvalue weighted by Crippen LogP contribution is 2.11. The number of carbonyl (C=O) groups excluding carboxylic acids is 1. The Morgan fingerprint density at radius 2 is 1.91 bits per heavy atom. The zero-order valence-corrected chi connectivity index (χ0v) is 14.6. The van der Waals surface area contributed by atoms with Crippen molar-refractivity contribution >= 4 is 33.7 Å². The molecular weight excluding hydrogens is 340 g/mol. The summed E-state index contributed by atoms with van der Waals surface area (Å²) in [5.41, 5.74) is 0. The first-order chi connectivity index (χ1) is 10.8. The number of nitrogens with one attached hydrogen (secondary N) is 1. The molecule has 0 aliphatic rings. The molecule has 0 aliphatic carbocycles. The van der Waals surface area contributed by atoms with Gasteiger partial charge in [-0.25, -0.2) is 8.42 Å². The topological polar surface area (TPSA) is 104 Å². The second-order valence-corrected chi connectivity index (χ2v) is 7.56. The Balaban J connectivity index is 2.94. The van der Waals surface area contributed by atoms with Crippen molar-refractivity contribution in [3.63, 3.8) is 0 Å². The second-order valence-electron chi connectivity index (χ2n) is 4.86. The van der Waals surface area contributed by atoms with Crippen molar-refractivity contribution in [1.82, 2.24) is 9.62 Å². The summed E-state index contributed by atoms with van der Waals surface area (Å²) in [6.07, 6.45) is 2.12. The lowest BCUT2D eigenvalue weighted by Crippen LogP contribution is -2.48. The van der Waals surface area contributed by atoms with Crippen LogP contribution in [0.2, 0.25) is 0 Å². The Labute approximate surface area is 140 Å². The number of carboxylic acids is 1. The highest BCUT2D eigenvalue weighted by atomic mass is 32.2. The number of amides is 1. The largest absolute Gasteiger partial charge is 0.480 e. The molecule has 1 rings (SSSR count). The maximum Gasteiger partial charge on any atom is 0.323 e. The van der Waals surface area contributed by atoms with Gasteiger partial charge in [-0.1, -0.05) is 18.2 Å². The van der Waals surface area contributed by atoms with Crippen LogP contribution in [0, 0.1) is 0 Å². The summed E-state index contributed by atoms with van der Waals surface area (Å²) >= 11 is 1.47. The molecule has 1 aromatic rings. The molecule has 9 heteroatoms. The van der Waals surface area contributed by atoms with Crippen LogP contribution in [0.5, 0.6) is 0 Å². The van der Waals surface area contributed by atoms with Gasteiger partial charge in [0.15, 0.2) is 0 Å². The number of sulfonamides is 1. The number of rotatable bonds is 9. The van der Waals surface area contributed by atoms with Crippen molar-refractivity contribution in [3.05, 3.63) is 30.3 Å². The monoisotopic (exact) mass is 360 g/mol. The van der Waals surface area contributed by atoms with Crippen molar-refractivity contribution in [2.45, 2.75) is 17.4 Å². The molecule has 0 aliphatic heterocycles. The maximum absolute atomic E-state index is 12.4. The number of benzene rings is 1. The number of carbonyl (C=O) groups is 2. The predicted molar refractivity (Wildman–Crippen MR) is 88.8 cm³/mol. The molecule has 23 heavy (non-hydrogen) atoms. The summed E-state index contributed by atoms with van der Waals surface area (Å²) in [5.74, 6) is -1.16. The Kier molecular flexibility index (Phi) is 7.53. The first kappa shape index (κ1) is 19.5. The minimum absolute atomic E-state index is 0.0582. The van der Waals surface area contributed by atoms with Gasteiger partial charge in [0.25, 0.3) is 0 Å². The molecule has 1 amide bonds. The van der Waals surface area contributed by atoms with Crippen LogP contribution in [0.15, 0.2) is 35.2 Å². The molecule has 0 heterocycles. The number of thioether (sulfide) groups is 1. The lowest BCUT2D eigenvalue weighted by molar-refractivity contribution is -0.144. The molecule has 1 atom stereocenters. The lowest BCUT2D eigenvalue weighted by atomic mass is 10.2. The first-order valence-electron chi connectivity index (χ1n) is 6.81. The zero-order chi connectivity index (χ0) is 17.5. The van der Waals surface area contributed by atoms with E-state index in [9.17, 15) is 18.0 Å². The molecule has 0 bridgehead atoms. The normalized spacial score (nSPS) is 12.6. The standard InChI is InChI=1S/C14H20N2O5S2/c1-16(10-13(17)18)14(19)12(8-9-22-2)15-23(20,21)11-6-4-3-5-7-11/h3-7,12,15H,8-10H2,1-2H3,(H,17,18). The summed E-state index contributed by atoms with van der Waals surface area (Å²) in [7, 11) is -2.52. The van der Waals surface area contributed by atoms with Gasteiger partial charge in [0, 0.05) is 7.05 Å². The average molecular weight is 360 g/mol. The van der Waals surface area contributed by atoms with E-state index in [0.29, 0.717) is 5.75 Å². The molecule has 2 N–H and O–H groups in total. The van der Waals surface area contributed by atoms with Crippen LogP contribution in [0.3, 0.4) is 0 Å². The lowest BCUT2D eigenvalue weighted by Gasteiger charge is -2.23. The fraction of sp³-hybridized carbons (Fsp3) is 0.429. The summed E-state index contributed by atoms with van der Waals surface area (Å²) < 4.78 is 27.1. The van der Waals surface area contributed by atoms with Gasteiger partial charge in [-0.2, -0.15) is 16.5 Å². The van der Waals surface area contributed by atoms with Crippen molar-refractivity contribution in [3.8, 4) is 0 Å². The van der Waals surface area contributed by atoms with Crippen molar-refractivity contribution in [2.75, 3.05) is 25.6 Å². The highest BCUT2D eigenvalue weighted by Gasteiger charge is 2.28. The molecule has 1 unspecified atom stereocenters. The van der Waals surface area contributed by atoms with E-state index >= 15 is 0 Å². The SMILES string of the molecule is CSCCC(NS(=O)(=O)c1ccccc1)C(=O)N(C)CC(=O)O. The zero-order valence-electron chi connectivity index (χ0n) is 12.9. The second kappa shape index (κ2) is 8.90. The fourth-order valence-corrected chi connectivity index (χ4v) is 3.59. The quantitative estimate of drug-likeness (QED) is 0.669. The molecule has 0 saturated carbocycles. The highest BCUT2D eigenvalue weighted by molar-refractivity contribution is 7.98. The third-order valence-corrected chi connectivity index (χ3v) is 5.14. The van der Waals surface area contributed by atoms with Crippen LogP contribution in [0.25, 0.3) is 0 Å². The Hall–Kier alpha value is -1.58. The van der Waals surface area contributed by atoms with E-state index in [4.69, 9.17) is 5.11 Å². The molecule has 128 valence electrons. The Bertz CT molecular complexity index is 634. The maximum atomic E-state index is 12.4. The summed E-state index contributed by atoms with van der Waals surface area (Å²) in [6, 6.07) is 6.72. The number of nitrogens with zero attached hydrogens (tertiary/aromatic N) is 1. The van der Waals surface area contributed by atoms with E-state index in [1.807, 2.05) is 6.26 Å². The van der Waals surface area contributed by atoms with E-state index in [1.54, 1.807) is 18.2 Å². The van der Waals surface area contributed by atoms with Gasteiger partial charge in [-0.3, -0.25) is 9.59 Å². The van der Waals surface area contributed by atoms with E-state index in [2.05, 4.69) is 4.72 Å². The smallest absolute Gasteiger partial charge is 0.323 e. The van der Waals surface area contributed by atoms with Crippen molar-refractivity contribution in [2.24, 2.45) is 0 Å². The van der Waals surface area contributed by atoms with E-state index in [0.717, 1.165) is 4.90 Å². The number of aliphatic carboxylic acids is 1. The summed E-state index contributed by atoms with van der Waals surface area (Å²) in [4.78, 5) is 24.1. The molecular formula is C14H20N2O5S2. The summed E-state index contributed by atoms with van der Waals surface area (Å²) in [5, 5.41) is 8.76. The van der Waals surface area contributed by atoms with Gasteiger partial charge in [0.05, 0.1) is 4.90 Å². The van der Waals surface area contributed by atoms with Gasteiger partial charge in [-0.15, -0.1) is 0 Å². The molecule has 0 radical (unpaired) electrons. The average Bonchev–Trinajstić information content (AvgIpc) is 2.50. The minimum Gasteiger partial charge on any atom is -0.480 e. The predicted octanol–water partition coefficient (Wildman–Crippen LogP) is 0.630. The van der Waals surface area contributed by atoms with Crippen LogP contribution >= 0.6 is 11.8 Å². The van der Waals surface area contributed by atoms with Crippen LogP contribution < -0.4 is 4.72 Å². The van der Waals surface area contributed by atoms with Crippen LogP contribution in [0.4, 0.5) is 0 Å². The Morgan fingerprint density at radius 1 is 1.30 bits per heavy atom. The minimum atomic E-state index is -3.85. The number of hydrogen-bond donors (Lipinski definition) is 2. The fourth-order valence-electron chi connectivity index (χ4n) is 1.87. The summed E-state index contributed by atoms with van der Waals surface area (Å²) in [6.45, 7) is -0.484. The molecule has 0 spiro atoms. The Morgan fingerprint density at radius 3 is 2.43 bits per heavy atom. The van der Waals surface area contributed by atoms with E-state index in [1.165, 1.54) is 30.9 Å². The van der Waals surface area contributed by atoms with E-state index in [-0.39, 0.29) is 11.3 Å². The molecule has 7 nitrogen and oxygen atoms in total. The number of hydrogen-bond acceptors (Lipinski definition) is 5. The van der Waals surface area contributed by atoms with Crippen LogP contribution in [-0.4, -0.2) is 61.9 Å². The van der Waals surface area contributed by atoms with Gasteiger partial charge in [0.2, 0.25) is 15.9 Å². The molecule has 0 saturated heterocycles. The van der Waals surface area contributed by atoms with Gasteiger partial charge < -0.3 is 10.0 Å². The van der Waals surface area contributed by atoms with Crippen LogP contribution in [0.1, 0.15) is 6.42 Å². The van der Waals surface area contributed by atoms with Crippen LogP contribution in [-0.2, 0) is 19.6 Å². The van der Waals surface area contributed by atoms with Crippen molar-refractivity contribution < 1.29 is 23.1 Å². The molecule has 0 aromatic heterocycles. The number of carboxylic acid groups (broad SMARTS) is 1. The van der Waals surface area contributed by atoms with Gasteiger partial charge >= 0.3 is 5.97 Å². The first-order valence-corrected chi connectivity index (χ1v) is 9.68. The third-order valence-electron chi connectivity index (χ3n) is 3.01. The van der Waals surface area contributed by atoms with Gasteiger partial charge in [0.1, 0.15) is 12.6 Å².